The minimum Gasteiger partial charge on any atom is -0.726 e. The standard InChI is InChI=1S/C21H20O2S.C7H8O4S/c22-19-11-13-21(14-12-19)24(17-18-7-3-1-4-8-18)16-15-23-20-9-5-2-6-10-20;8-12(9,10)11-6-7-4-2-1-3-5-7/h1-14H,15-17H2;1-5H,6H2,(H,8,9,10). The van der Waals surface area contributed by atoms with Crippen LogP contribution in [0.1, 0.15) is 11.1 Å². The first-order valence-electron chi connectivity index (χ1n) is 11.2. The Morgan fingerprint density at radius 1 is 0.722 bits per heavy atom. The smallest absolute Gasteiger partial charge is 0.217 e. The fourth-order valence-electron chi connectivity index (χ4n) is 3.18. The van der Waals surface area contributed by atoms with Gasteiger partial charge in [0.25, 0.3) is 0 Å². The topological polar surface area (TPSA) is 95.9 Å². The Morgan fingerprint density at radius 2 is 1.25 bits per heavy atom. The molecule has 0 spiro atoms. The fraction of sp³-hybridized carbons (Fsp3) is 0.143. The van der Waals surface area contributed by atoms with Gasteiger partial charge in [-0.1, -0.05) is 78.9 Å². The number of hydrogen-bond acceptors (Lipinski definition) is 6. The summed E-state index contributed by atoms with van der Waals surface area (Å²) in [5, 5.41) is 9.53. The predicted octanol–water partition coefficient (Wildman–Crippen LogP) is 5.31. The highest BCUT2D eigenvalue weighted by Crippen LogP contribution is 2.22. The van der Waals surface area contributed by atoms with E-state index in [0.717, 1.165) is 17.3 Å². The van der Waals surface area contributed by atoms with Crippen molar-refractivity contribution in [1.29, 1.82) is 0 Å². The summed E-state index contributed by atoms with van der Waals surface area (Å²) in [4.78, 5) is 1.26. The molecule has 4 rings (SSSR count). The van der Waals surface area contributed by atoms with E-state index in [9.17, 15) is 18.1 Å². The molecule has 0 aliphatic rings. The van der Waals surface area contributed by atoms with Crippen molar-refractivity contribution in [1.82, 2.24) is 0 Å². The average Bonchev–Trinajstić information content (AvgIpc) is 2.89. The van der Waals surface area contributed by atoms with Gasteiger partial charge in [-0.25, -0.2) is 8.42 Å². The quantitative estimate of drug-likeness (QED) is 0.172. The molecule has 4 aromatic rings. The average molecular weight is 525 g/mol. The maximum absolute atomic E-state index is 10.0. The Kier molecular flexibility index (Phi) is 10.8. The van der Waals surface area contributed by atoms with Crippen LogP contribution >= 0.6 is 0 Å². The highest BCUT2D eigenvalue weighted by Gasteiger charge is 2.22. The molecule has 0 heterocycles. The van der Waals surface area contributed by atoms with Crippen LogP contribution in [0.2, 0.25) is 0 Å². The van der Waals surface area contributed by atoms with Crippen LogP contribution in [0.5, 0.6) is 11.5 Å². The van der Waals surface area contributed by atoms with Crippen LogP contribution in [0, 0.1) is 0 Å². The van der Waals surface area contributed by atoms with Crippen molar-refractivity contribution in [2.75, 3.05) is 12.4 Å². The largest absolute Gasteiger partial charge is 0.726 e. The van der Waals surface area contributed by atoms with E-state index >= 15 is 0 Å². The summed E-state index contributed by atoms with van der Waals surface area (Å²) in [7, 11) is -4.53. The third-order valence-corrected chi connectivity index (χ3v) is 7.59. The molecule has 4 aromatic carbocycles. The molecule has 0 fully saturated rings. The molecule has 188 valence electrons. The van der Waals surface area contributed by atoms with Gasteiger partial charge in [-0.2, -0.15) is 0 Å². The van der Waals surface area contributed by atoms with E-state index in [4.69, 9.17) is 4.74 Å². The second-order valence-corrected chi connectivity index (χ2v) is 10.8. The van der Waals surface area contributed by atoms with Crippen molar-refractivity contribution in [3.05, 3.63) is 126 Å². The van der Waals surface area contributed by atoms with Gasteiger partial charge in [0.2, 0.25) is 10.4 Å². The normalized spacial score (nSPS) is 11.7. The Bertz CT molecular complexity index is 1250. The highest BCUT2D eigenvalue weighted by atomic mass is 32.3. The zero-order chi connectivity index (χ0) is 25.6. The van der Waals surface area contributed by atoms with Gasteiger partial charge in [0.05, 0.1) is 6.61 Å². The van der Waals surface area contributed by atoms with Gasteiger partial charge < -0.3 is 14.4 Å². The first-order chi connectivity index (χ1) is 17.4. The van der Waals surface area contributed by atoms with Gasteiger partial charge in [0.15, 0.2) is 4.90 Å². The zero-order valence-electron chi connectivity index (χ0n) is 19.6. The Labute approximate surface area is 215 Å². The van der Waals surface area contributed by atoms with Crippen LogP contribution in [0.3, 0.4) is 0 Å². The zero-order valence-corrected chi connectivity index (χ0v) is 21.2. The molecular formula is C28H28O6S2. The summed E-state index contributed by atoms with van der Waals surface area (Å²) in [5.41, 5.74) is 1.98. The predicted molar refractivity (Wildman–Crippen MR) is 142 cm³/mol. The number of phenolic OH excluding ortho intramolecular Hbond substituents is 1. The molecular weight excluding hydrogens is 496 g/mol. The Morgan fingerprint density at radius 3 is 1.81 bits per heavy atom. The fourth-order valence-corrected chi connectivity index (χ4v) is 5.41. The van der Waals surface area contributed by atoms with Crippen molar-refractivity contribution in [3.8, 4) is 11.5 Å². The summed E-state index contributed by atoms with van der Waals surface area (Å²) < 4.78 is 40.0. The van der Waals surface area contributed by atoms with Crippen molar-refractivity contribution >= 4 is 21.3 Å². The van der Waals surface area contributed by atoms with Crippen molar-refractivity contribution in [3.63, 3.8) is 0 Å². The lowest BCUT2D eigenvalue weighted by atomic mass is 10.2. The number of para-hydroxylation sites is 1. The molecule has 0 aliphatic carbocycles. The first kappa shape index (κ1) is 27.3. The van der Waals surface area contributed by atoms with Crippen molar-refractivity contribution in [2.45, 2.75) is 17.3 Å². The Balaban J connectivity index is 0.000000253. The number of rotatable bonds is 10. The van der Waals surface area contributed by atoms with E-state index in [1.165, 1.54) is 10.5 Å². The van der Waals surface area contributed by atoms with E-state index in [1.54, 1.807) is 42.5 Å². The third kappa shape index (κ3) is 10.5. The van der Waals surface area contributed by atoms with Crippen LogP contribution in [0.15, 0.2) is 120 Å². The lowest BCUT2D eigenvalue weighted by Gasteiger charge is -2.10. The molecule has 6 nitrogen and oxygen atoms in total. The summed E-state index contributed by atoms with van der Waals surface area (Å²) >= 11 is 0. The van der Waals surface area contributed by atoms with Crippen molar-refractivity contribution in [2.24, 2.45) is 0 Å². The minimum atomic E-state index is -4.57. The van der Waals surface area contributed by atoms with E-state index in [1.807, 2.05) is 48.5 Å². The Hall–Kier alpha value is -3.30. The highest BCUT2D eigenvalue weighted by molar-refractivity contribution is 7.96. The maximum atomic E-state index is 10.0. The summed E-state index contributed by atoms with van der Waals surface area (Å²) in [6, 6.07) is 36.6. The summed E-state index contributed by atoms with van der Waals surface area (Å²) in [6.07, 6.45) is 0. The maximum Gasteiger partial charge on any atom is 0.217 e. The molecule has 1 atom stereocenters. The number of aromatic hydroxyl groups is 1. The second kappa shape index (κ2) is 14.3. The van der Waals surface area contributed by atoms with Gasteiger partial charge in [0, 0.05) is 16.5 Å². The number of hydrogen-bond donors (Lipinski definition) is 1. The van der Waals surface area contributed by atoms with Crippen LogP contribution < -0.4 is 4.74 Å². The molecule has 0 saturated heterocycles. The van der Waals surface area contributed by atoms with Gasteiger partial charge in [-0.05, 0) is 42.0 Å². The van der Waals surface area contributed by atoms with Gasteiger partial charge in [0.1, 0.15) is 29.6 Å². The minimum absolute atomic E-state index is 0.0431. The monoisotopic (exact) mass is 524 g/mol. The molecule has 0 radical (unpaired) electrons. The van der Waals surface area contributed by atoms with E-state index in [-0.39, 0.29) is 17.5 Å². The molecule has 0 amide bonds. The number of ether oxygens (including phenoxy) is 1. The molecule has 1 N–H and O–H groups in total. The third-order valence-electron chi connectivity index (χ3n) is 4.91. The van der Waals surface area contributed by atoms with Crippen LogP contribution in [-0.2, 0) is 37.8 Å². The summed E-state index contributed by atoms with van der Waals surface area (Å²) in [5.74, 6) is 3.16. The van der Waals surface area contributed by atoms with Gasteiger partial charge in [-0.15, -0.1) is 0 Å². The molecule has 0 aromatic heterocycles. The molecule has 36 heavy (non-hydrogen) atoms. The van der Waals surface area contributed by atoms with Crippen LogP contribution in [0.4, 0.5) is 0 Å². The molecule has 0 bridgehead atoms. The number of benzene rings is 4. The van der Waals surface area contributed by atoms with Crippen LogP contribution in [0.25, 0.3) is 0 Å². The molecule has 0 aliphatic heterocycles. The van der Waals surface area contributed by atoms with E-state index < -0.39 is 10.4 Å². The molecule has 8 heteroatoms. The molecule has 0 saturated carbocycles. The molecule has 1 unspecified atom stereocenters. The lowest BCUT2D eigenvalue weighted by Crippen LogP contribution is -2.17. The van der Waals surface area contributed by atoms with Gasteiger partial charge >= 0.3 is 0 Å². The van der Waals surface area contributed by atoms with Crippen molar-refractivity contribution < 1.29 is 27.0 Å². The van der Waals surface area contributed by atoms with E-state index in [2.05, 4.69) is 28.4 Å². The van der Waals surface area contributed by atoms with Crippen LogP contribution in [-0.4, -0.2) is 30.4 Å². The lowest BCUT2D eigenvalue weighted by molar-refractivity contribution is 0.253. The number of phenols is 1. The first-order valence-corrected chi connectivity index (χ1v) is 14.1. The second-order valence-electron chi connectivity index (χ2n) is 7.64. The van der Waals surface area contributed by atoms with E-state index in [0.29, 0.717) is 17.9 Å². The summed E-state index contributed by atoms with van der Waals surface area (Å²) in [6.45, 7) is 0.480. The van der Waals surface area contributed by atoms with Gasteiger partial charge in [-0.3, -0.25) is 4.18 Å². The SMILES string of the molecule is O=S(=O)([O-])OCc1ccccc1.Oc1ccc([S+](CCOc2ccccc2)Cc2ccccc2)cc1.